The number of hydrogen-bond acceptors (Lipinski definition) is 1. The number of aldehydes is 1. The predicted molar refractivity (Wildman–Crippen MR) is 66.8 cm³/mol. The molecule has 0 N–H and O–H groups in total. The summed E-state index contributed by atoms with van der Waals surface area (Å²) in [4.78, 5) is 10.5. The number of benzene rings is 1. The second kappa shape index (κ2) is 4.12. The standard InChI is InChI=1S/C14H17NO/c1-10(2)15-11(3)8-13-9-12(6-7-16)4-5-14(13)15/h4-5,7-10H,6H2,1-3H3. The predicted octanol–water partition coefficient (Wildman–Crippen LogP) is 3.27. The molecule has 1 heterocycles. The van der Waals surface area contributed by atoms with Crippen LogP contribution in [0.1, 0.15) is 31.1 Å². The van der Waals surface area contributed by atoms with Crippen molar-refractivity contribution in [2.75, 3.05) is 0 Å². The maximum Gasteiger partial charge on any atom is 0.124 e. The van der Waals surface area contributed by atoms with E-state index in [0.717, 1.165) is 11.8 Å². The SMILES string of the molecule is Cc1cc2cc(CC=O)ccc2n1C(C)C. The zero-order valence-electron chi connectivity index (χ0n) is 10.0. The van der Waals surface area contributed by atoms with Gasteiger partial charge in [-0.25, -0.2) is 0 Å². The van der Waals surface area contributed by atoms with Crippen LogP contribution in [-0.4, -0.2) is 10.9 Å². The van der Waals surface area contributed by atoms with Crippen molar-refractivity contribution in [2.45, 2.75) is 33.2 Å². The molecule has 1 aromatic carbocycles. The van der Waals surface area contributed by atoms with E-state index in [-0.39, 0.29) is 0 Å². The summed E-state index contributed by atoms with van der Waals surface area (Å²) in [6, 6.07) is 8.91. The molecule has 2 heteroatoms. The molecule has 2 aromatic rings. The monoisotopic (exact) mass is 215 g/mol. The maximum absolute atomic E-state index is 10.5. The quantitative estimate of drug-likeness (QED) is 0.720. The molecule has 0 saturated heterocycles. The molecule has 84 valence electrons. The summed E-state index contributed by atoms with van der Waals surface area (Å²) in [5.41, 5.74) is 3.61. The molecule has 1 aromatic heterocycles. The molecule has 0 bridgehead atoms. The molecule has 2 nitrogen and oxygen atoms in total. The molecule has 0 spiro atoms. The van der Waals surface area contributed by atoms with Crippen LogP contribution in [0.5, 0.6) is 0 Å². The Balaban J connectivity index is 2.60. The van der Waals surface area contributed by atoms with Gasteiger partial charge in [-0.05, 0) is 44.5 Å². The third kappa shape index (κ3) is 1.75. The topological polar surface area (TPSA) is 22.0 Å². The second-order valence-corrected chi connectivity index (χ2v) is 4.51. The number of fused-ring (bicyclic) bond motifs is 1. The van der Waals surface area contributed by atoms with Crippen LogP contribution in [0.2, 0.25) is 0 Å². The highest BCUT2D eigenvalue weighted by atomic mass is 16.1. The lowest BCUT2D eigenvalue weighted by Gasteiger charge is -2.12. The van der Waals surface area contributed by atoms with Gasteiger partial charge in [0.25, 0.3) is 0 Å². The first-order chi connectivity index (χ1) is 7.63. The van der Waals surface area contributed by atoms with E-state index in [1.807, 2.05) is 6.07 Å². The van der Waals surface area contributed by atoms with Gasteiger partial charge < -0.3 is 9.36 Å². The number of nitrogens with zero attached hydrogens (tertiary/aromatic N) is 1. The average molecular weight is 215 g/mol. The highest BCUT2D eigenvalue weighted by Crippen LogP contribution is 2.24. The third-order valence-electron chi connectivity index (χ3n) is 2.93. The first-order valence-electron chi connectivity index (χ1n) is 5.67. The molecule has 0 aliphatic carbocycles. The van der Waals surface area contributed by atoms with Gasteiger partial charge in [-0.15, -0.1) is 0 Å². The van der Waals surface area contributed by atoms with Crippen LogP contribution in [0.3, 0.4) is 0 Å². The van der Waals surface area contributed by atoms with Crippen molar-refractivity contribution in [3.05, 3.63) is 35.5 Å². The zero-order chi connectivity index (χ0) is 11.7. The molecule has 2 rings (SSSR count). The Bertz CT molecular complexity index is 523. The first kappa shape index (κ1) is 10.9. The zero-order valence-corrected chi connectivity index (χ0v) is 10.0. The van der Waals surface area contributed by atoms with Gasteiger partial charge in [-0.3, -0.25) is 0 Å². The second-order valence-electron chi connectivity index (χ2n) is 4.51. The smallest absolute Gasteiger partial charge is 0.124 e. The Hall–Kier alpha value is -1.57. The summed E-state index contributed by atoms with van der Waals surface area (Å²) < 4.78 is 2.32. The summed E-state index contributed by atoms with van der Waals surface area (Å²) in [6.07, 6.45) is 1.45. The Morgan fingerprint density at radius 3 is 2.69 bits per heavy atom. The Kier molecular flexibility index (Phi) is 2.82. The largest absolute Gasteiger partial charge is 0.342 e. The van der Waals surface area contributed by atoms with Crippen molar-refractivity contribution < 1.29 is 4.79 Å². The fourth-order valence-electron chi connectivity index (χ4n) is 2.33. The van der Waals surface area contributed by atoms with Gasteiger partial charge in [0.05, 0.1) is 0 Å². The van der Waals surface area contributed by atoms with Crippen LogP contribution in [0.15, 0.2) is 24.3 Å². The summed E-state index contributed by atoms with van der Waals surface area (Å²) in [6.45, 7) is 6.50. The molecule has 0 atom stereocenters. The summed E-state index contributed by atoms with van der Waals surface area (Å²) in [5.74, 6) is 0. The van der Waals surface area contributed by atoms with E-state index in [1.54, 1.807) is 0 Å². The van der Waals surface area contributed by atoms with Gasteiger partial charge in [0.2, 0.25) is 0 Å². The highest BCUT2D eigenvalue weighted by Gasteiger charge is 2.08. The Morgan fingerprint density at radius 2 is 2.06 bits per heavy atom. The normalized spacial score (nSPS) is 11.2. The van der Waals surface area contributed by atoms with E-state index in [4.69, 9.17) is 0 Å². The van der Waals surface area contributed by atoms with Gasteiger partial charge in [-0.2, -0.15) is 0 Å². The lowest BCUT2D eigenvalue weighted by atomic mass is 10.1. The highest BCUT2D eigenvalue weighted by molar-refractivity contribution is 5.82. The molecular weight excluding hydrogens is 198 g/mol. The molecule has 0 aliphatic heterocycles. The Morgan fingerprint density at radius 1 is 1.31 bits per heavy atom. The van der Waals surface area contributed by atoms with Crippen LogP contribution in [0.4, 0.5) is 0 Å². The molecule has 16 heavy (non-hydrogen) atoms. The molecular formula is C14H17NO. The summed E-state index contributed by atoms with van der Waals surface area (Å²) >= 11 is 0. The number of aryl methyl sites for hydroxylation is 1. The number of carbonyl (C=O) groups excluding carboxylic acids is 1. The van der Waals surface area contributed by atoms with Gasteiger partial charge in [0.1, 0.15) is 6.29 Å². The van der Waals surface area contributed by atoms with E-state index in [1.165, 1.54) is 16.6 Å². The molecule has 0 amide bonds. The summed E-state index contributed by atoms with van der Waals surface area (Å²) in [7, 11) is 0. The van der Waals surface area contributed by atoms with Crippen molar-refractivity contribution >= 4 is 17.2 Å². The molecule has 0 unspecified atom stereocenters. The minimum atomic E-state index is 0.467. The minimum absolute atomic E-state index is 0.467. The van der Waals surface area contributed by atoms with Gasteiger partial charge in [0.15, 0.2) is 0 Å². The fourth-order valence-corrected chi connectivity index (χ4v) is 2.33. The van der Waals surface area contributed by atoms with Crippen LogP contribution < -0.4 is 0 Å². The molecule has 0 saturated carbocycles. The van der Waals surface area contributed by atoms with Gasteiger partial charge in [-0.1, -0.05) is 6.07 Å². The van der Waals surface area contributed by atoms with Gasteiger partial charge in [0, 0.05) is 29.1 Å². The Labute approximate surface area is 95.9 Å². The fraction of sp³-hybridized carbons (Fsp3) is 0.357. The molecule has 0 radical (unpaired) electrons. The molecule has 0 aliphatic rings. The van der Waals surface area contributed by atoms with Crippen LogP contribution in [0, 0.1) is 6.92 Å². The van der Waals surface area contributed by atoms with Crippen molar-refractivity contribution in [2.24, 2.45) is 0 Å². The minimum Gasteiger partial charge on any atom is -0.342 e. The summed E-state index contributed by atoms with van der Waals surface area (Å²) in [5, 5.41) is 1.23. The van der Waals surface area contributed by atoms with Crippen molar-refractivity contribution in [3.63, 3.8) is 0 Å². The third-order valence-corrected chi connectivity index (χ3v) is 2.93. The average Bonchev–Trinajstić information content (AvgIpc) is 2.53. The van der Waals surface area contributed by atoms with Crippen molar-refractivity contribution in [1.29, 1.82) is 0 Å². The van der Waals surface area contributed by atoms with Crippen molar-refractivity contribution in [3.8, 4) is 0 Å². The number of rotatable bonds is 3. The number of hydrogen-bond donors (Lipinski definition) is 0. The lowest BCUT2D eigenvalue weighted by Crippen LogP contribution is -2.01. The number of aromatic nitrogens is 1. The van der Waals surface area contributed by atoms with Crippen LogP contribution >= 0.6 is 0 Å². The van der Waals surface area contributed by atoms with Gasteiger partial charge >= 0.3 is 0 Å². The van der Waals surface area contributed by atoms with Crippen molar-refractivity contribution in [1.82, 2.24) is 4.57 Å². The first-order valence-corrected chi connectivity index (χ1v) is 5.67. The van der Waals surface area contributed by atoms with E-state index >= 15 is 0 Å². The lowest BCUT2D eigenvalue weighted by molar-refractivity contribution is -0.107. The maximum atomic E-state index is 10.5. The van der Waals surface area contributed by atoms with E-state index in [9.17, 15) is 4.79 Å². The van der Waals surface area contributed by atoms with Crippen LogP contribution in [0.25, 0.3) is 10.9 Å². The molecule has 0 fully saturated rings. The van der Waals surface area contributed by atoms with E-state index in [0.29, 0.717) is 12.5 Å². The number of carbonyl (C=O) groups is 1. The van der Waals surface area contributed by atoms with Crippen LogP contribution in [-0.2, 0) is 11.2 Å². The van der Waals surface area contributed by atoms with E-state index in [2.05, 4.69) is 43.5 Å². The van der Waals surface area contributed by atoms with E-state index < -0.39 is 0 Å².